The molecule has 6 nitrogen and oxygen atoms in total. The minimum absolute atomic E-state index is 0.0967. The van der Waals surface area contributed by atoms with Gasteiger partial charge in [0.05, 0.1) is 6.61 Å². The van der Waals surface area contributed by atoms with E-state index in [1.807, 2.05) is 13.8 Å². The molecule has 0 fully saturated rings. The molecule has 96 valence electrons. The van der Waals surface area contributed by atoms with E-state index in [9.17, 15) is 4.79 Å². The van der Waals surface area contributed by atoms with Crippen LogP contribution in [-0.4, -0.2) is 47.3 Å². The maximum atomic E-state index is 12.2. The lowest BCUT2D eigenvalue weighted by Crippen LogP contribution is -2.40. The number of nitrogens with two attached hydrogens (primary N) is 1. The summed E-state index contributed by atoms with van der Waals surface area (Å²) in [5.74, 6) is 0.227. The Hall–Kier alpha value is -1.56. The van der Waals surface area contributed by atoms with E-state index in [-0.39, 0.29) is 11.9 Å². The van der Waals surface area contributed by atoms with Crippen molar-refractivity contribution in [2.75, 3.05) is 26.0 Å². The van der Waals surface area contributed by atoms with Gasteiger partial charge in [0.15, 0.2) is 0 Å². The maximum Gasteiger partial charge on any atom is 0.272 e. The normalized spacial score (nSPS) is 12.4. The van der Waals surface area contributed by atoms with Crippen LogP contribution in [0.2, 0.25) is 0 Å². The highest BCUT2D eigenvalue weighted by Crippen LogP contribution is 2.10. The van der Waals surface area contributed by atoms with Crippen molar-refractivity contribution in [3.8, 4) is 0 Å². The van der Waals surface area contributed by atoms with Gasteiger partial charge in [-0.2, -0.15) is 5.10 Å². The fraction of sp³-hybridized carbons (Fsp3) is 0.636. The second kappa shape index (κ2) is 6.24. The molecule has 1 rings (SSSR count). The summed E-state index contributed by atoms with van der Waals surface area (Å²) in [6.07, 6.45) is 0.888. The number of methoxy groups -OCH3 is 1. The summed E-state index contributed by atoms with van der Waals surface area (Å²) in [6, 6.07) is 1.70. The Bertz CT molecular complexity index is 364. The number of nitrogens with zero attached hydrogens (tertiary/aromatic N) is 2. The van der Waals surface area contributed by atoms with E-state index < -0.39 is 0 Å². The van der Waals surface area contributed by atoms with Gasteiger partial charge in [0.1, 0.15) is 11.5 Å². The molecule has 6 heteroatoms. The third-order valence-electron chi connectivity index (χ3n) is 2.75. The first-order chi connectivity index (χ1) is 8.10. The number of nitrogens with one attached hydrogen (secondary N) is 1. The summed E-state index contributed by atoms with van der Waals surface area (Å²) in [7, 11) is 1.62. The van der Waals surface area contributed by atoms with Crippen LogP contribution < -0.4 is 5.73 Å². The van der Waals surface area contributed by atoms with E-state index in [2.05, 4.69) is 10.2 Å². The Morgan fingerprint density at radius 2 is 2.41 bits per heavy atom. The fourth-order valence-corrected chi connectivity index (χ4v) is 1.53. The Kier molecular flexibility index (Phi) is 4.96. The first-order valence-electron chi connectivity index (χ1n) is 5.71. The lowest BCUT2D eigenvalue weighted by molar-refractivity contribution is 0.0608. The first kappa shape index (κ1) is 13.5. The lowest BCUT2D eigenvalue weighted by Gasteiger charge is -2.27. The monoisotopic (exact) mass is 240 g/mol. The summed E-state index contributed by atoms with van der Waals surface area (Å²) in [5.41, 5.74) is 5.90. The van der Waals surface area contributed by atoms with Crippen molar-refractivity contribution in [2.24, 2.45) is 0 Å². The number of rotatable bonds is 6. The third-order valence-corrected chi connectivity index (χ3v) is 2.75. The highest BCUT2D eigenvalue weighted by atomic mass is 16.5. The van der Waals surface area contributed by atoms with Gasteiger partial charge in [0.2, 0.25) is 0 Å². The van der Waals surface area contributed by atoms with E-state index in [0.717, 1.165) is 6.42 Å². The van der Waals surface area contributed by atoms with E-state index in [1.165, 1.54) is 0 Å². The molecule has 0 aromatic carbocycles. The standard InChI is InChI=1S/C11H20N4O2/c1-4-8(2)15(5-6-17-3)11(16)9-7-10(12)14-13-9/h7-8H,4-6H2,1-3H3,(H3,12,13,14). The van der Waals surface area contributed by atoms with Crippen LogP contribution in [-0.2, 0) is 4.74 Å². The summed E-state index contributed by atoms with van der Waals surface area (Å²) in [6.45, 7) is 5.12. The highest BCUT2D eigenvalue weighted by molar-refractivity contribution is 5.93. The molecule has 1 aromatic heterocycles. The number of carbonyl (C=O) groups excluding carboxylic acids is 1. The molecule has 17 heavy (non-hydrogen) atoms. The third kappa shape index (κ3) is 3.45. The number of hydrogen-bond donors (Lipinski definition) is 2. The van der Waals surface area contributed by atoms with E-state index in [1.54, 1.807) is 18.1 Å². The van der Waals surface area contributed by atoms with E-state index in [0.29, 0.717) is 24.7 Å². The molecule has 0 saturated carbocycles. The zero-order valence-corrected chi connectivity index (χ0v) is 10.6. The van der Waals surface area contributed by atoms with Crippen LogP contribution in [0.3, 0.4) is 0 Å². The van der Waals surface area contributed by atoms with Gasteiger partial charge in [0, 0.05) is 25.8 Å². The van der Waals surface area contributed by atoms with Gasteiger partial charge >= 0.3 is 0 Å². The number of aromatic amines is 1. The number of H-pyrrole nitrogens is 1. The molecule has 1 amide bonds. The van der Waals surface area contributed by atoms with Crippen LogP contribution in [0.25, 0.3) is 0 Å². The summed E-state index contributed by atoms with van der Waals surface area (Å²) < 4.78 is 5.01. The smallest absolute Gasteiger partial charge is 0.272 e. The second-order valence-corrected chi connectivity index (χ2v) is 3.96. The Balaban J connectivity index is 2.78. The Morgan fingerprint density at radius 1 is 1.71 bits per heavy atom. The SMILES string of the molecule is CCC(C)N(CCOC)C(=O)c1cc(N)n[nH]1. The second-order valence-electron chi connectivity index (χ2n) is 3.96. The lowest BCUT2D eigenvalue weighted by atomic mass is 10.2. The molecule has 0 aliphatic heterocycles. The minimum Gasteiger partial charge on any atom is -0.383 e. The van der Waals surface area contributed by atoms with Gasteiger partial charge in [-0.1, -0.05) is 6.92 Å². The molecule has 3 N–H and O–H groups in total. The number of anilines is 1. The molecule has 0 bridgehead atoms. The van der Waals surface area contributed by atoms with Crippen molar-refractivity contribution in [3.05, 3.63) is 11.8 Å². The highest BCUT2D eigenvalue weighted by Gasteiger charge is 2.21. The molecule has 0 spiro atoms. The molecular formula is C11H20N4O2. The minimum atomic E-state index is -0.0967. The van der Waals surface area contributed by atoms with Crippen molar-refractivity contribution in [1.29, 1.82) is 0 Å². The van der Waals surface area contributed by atoms with Gasteiger partial charge in [-0.25, -0.2) is 0 Å². The molecule has 0 aliphatic rings. The average molecular weight is 240 g/mol. The summed E-state index contributed by atoms with van der Waals surface area (Å²) in [5, 5.41) is 6.39. The predicted molar refractivity (Wildman–Crippen MR) is 65.7 cm³/mol. The molecular weight excluding hydrogens is 220 g/mol. The molecule has 0 aliphatic carbocycles. The van der Waals surface area contributed by atoms with Gasteiger partial charge in [-0.05, 0) is 13.3 Å². The summed E-state index contributed by atoms with van der Waals surface area (Å²) in [4.78, 5) is 14.0. The molecule has 1 aromatic rings. The molecule has 0 saturated heterocycles. The number of hydrogen-bond acceptors (Lipinski definition) is 4. The topological polar surface area (TPSA) is 84.2 Å². The van der Waals surface area contributed by atoms with Crippen molar-refractivity contribution in [2.45, 2.75) is 26.3 Å². The van der Waals surface area contributed by atoms with Crippen LogP contribution in [0.4, 0.5) is 5.82 Å². The fourth-order valence-electron chi connectivity index (χ4n) is 1.53. The van der Waals surface area contributed by atoms with Crippen LogP contribution in [0.1, 0.15) is 30.8 Å². The van der Waals surface area contributed by atoms with Gasteiger partial charge in [-0.15, -0.1) is 0 Å². The zero-order chi connectivity index (χ0) is 12.8. The van der Waals surface area contributed by atoms with Crippen molar-refractivity contribution in [3.63, 3.8) is 0 Å². The largest absolute Gasteiger partial charge is 0.383 e. The Morgan fingerprint density at radius 3 is 2.88 bits per heavy atom. The predicted octanol–water partition coefficient (Wildman–Crippen LogP) is 0.879. The quantitative estimate of drug-likeness (QED) is 0.773. The summed E-state index contributed by atoms with van der Waals surface area (Å²) >= 11 is 0. The number of ether oxygens (including phenoxy) is 1. The van der Waals surface area contributed by atoms with Crippen LogP contribution in [0.5, 0.6) is 0 Å². The number of amides is 1. The van der Waals surface area contributed by atoms with Crippen molar-refractivity contribution >= 4 is 11.7 Å². The van der Waals surface area contributed by atoms with Gasteiger partial charge in [0.25, 0.3) is 5.91 Å². The molecule has 1 heterocycles. The molecule has 1 unspecified atom stereocenters. The van der Waals surface area contributed by atoms with E-state index >= 15 is 0 Å². The molecule has 0 radical (unpaired) electrons. The molecule has 1 atom stereocenters. The zero-order valence-electron chi connectivity index (χ0n) is 10.6. The Labute approximate surface area is 101 Å². The van der Waals surface area contributed by atoms with E-state index in [4.69, 9.17) is 10.5 Å². The van der Waals surface area contributed by atoms with Crippen LogP contribution >= 0.6 is 0 Å². The number of nitrogen functional groups attached to an aromatic ring is 1. The van der Waals surface area contributed by atoms with Crippen LogP contribution in [0, 0.1) is 0 Å². The van der Waals surface area contributed by atoms with Crippen molar-refractivity contribution in [1.82, 2.24) is 15.1 Å². The number of carbonyl (C=O) groups is 1. The first-order valence-corrected chi connectivity index (χ1v) is 5.71. The van der Waals surface area contributed by atoms with Crippen LogP contribution in [0.15, 0.2) is 6.07 Å². The number of aromatic nitrogens is 2. The van der Waals surface area contributed by atoms with Gasteiger partial charge < -0.3 is 15.4 Å². The van der Waals surface area contributed by atoms with Crippen molar-refractivity contribution < 1.29 is 9.53 Å². The average Bonchev–Trinajstić information content (AvgIpc) is 2.75. The maximum absolute atomic E-state index is 12.2. The van der Waals surface area contributed by atoms with Gasteiger partial charge in [-0.3, -0.25) is 9.89 Å².